The maximum Gasteiger partial charge on any atom is 0.164 e. The first kappa shape index (κ1) is 31.1. The lowest BCUT2D eigenvalue weighted by Crippen LogP contribution is -2.21. The second-order valence-corrected chi connectivity index (χ2v) is 13.8. The highest BCUT2D eigenvalue weighted by Crippen LogP contribution is 2.49. The van der Waals surface area contributed by atoms with Crippen molar-refractivity contribution >= 4 is 16.3 Å². The summed E-state index contributed by atoms with van der Waals surface area (Å²) < 4.78 is 6.64. The van der Waals surface area contributed by atoms with Crippen molar-refractivity contribution in [1.82, 2.24) is 15.0 Å². The molecule has 8 aromatic rings. The van der Waals surface area contributed by atoms with Crippen LogP contribution in [0.2, 0.25) is 0 Å². The molecule has 4 nitrogen and oxygen atoms in total. The van der Waals surface area contributed by atoms with Crippen LogP contribution in [0.25, 0.3) is 72.8 Å². The molecule has 2 atom stereocenters. The molecule has 0 bridgehead atoms. The van der Waals surface area contributed by atoms with Gasteiger partial charge in [-0.05, 0) is 63.1 Å². The summed E-state index contributed by atoms with van der Waals surface area (Å²) in [6.45, 7) is 0. The molecule has 1 aromatic heterocycles. The number of benzene rings is 7. The van der Waals surface area contributed by atoms with E-state index in [1.807, 2.05) is 24.3 Å². The fourth-order valence-electron chi connectivity index (χ4n) is 8.00. The Morgan fingerprint density at radius 1 is 0.434 bits per heavy atom. The fourth-order valence-corrected chi connectivity index (χ4v) is 8.00. The number of hydrogen-bond acceptors (Lipinski definition) is 4. The van der Waals surface area contributed by atoms with Gasteiger partial charge in [-0.25, -0.2) is 15.0 Å². The van der Waals surface area contributed by atoms with E-state index in [-0.39, 0.29) is 12.0 Å². The van der Waals surface area contributed by atoms with E-state index in [1.165, 1.54) is 38.6 Å². The minimum absolute atomic E-state index is 0.0743. The molecule has 0 saturated heterocycles. The number of rotatable bonds is 6. The first-order valence-electron chi connectivity index (χ1n) is 18.3. The van der Waals surface area contributed by atoms with E-state index >= 15 is 0 Å². The molecule has 53 heavy (non-hydrogen) atoms. The van der Waals surface area contributed by atoms with Crippen LogP contribution >= 0.6 is 0 Å². The summed E-state index contributed by atoms with van der Waals surface area (Å²) in [5.41, 5.74) is 11.5. The summed E-state index contributed by atoms with van der Waals surface area (Å²) in [4.78, 5) is 15.3. The van der Waals surface area contributed by atoms with Gasteiger partial charge in [0.15, 0.2) is 17.5 Å². The summed E-state index contributed by atoms with van der Waals surface area (Å²) in [5, 5.41) is 2.53. The number of hydrogen-bond donors (Lipinski definition) is 0. The molecule has 0 spiro atoms. The van der Waals surface area contributed by atoms with Crippen molar-refractivity contribution in [3.05, 3.63) is 187 Å². The lowest BCUT2D eigenvalue weighted by molar-refractivity contribution is 0.206. The molecule has 1 aliphatic carbocycles. The van der Waals surface area contributed by atoms with Crippen LogP contribution in [0.4, 0.5) is 0 Å². The monoisotopic (exact) mass is 681 g/mol. The standard InChI is InChI=1S/C49H35N3O/c1-3-11-32(12-4-1)33-23-27-38(28-24-33)48-50-47(37-14-5-2-6-15-37)51-49(52-48)42-19-10-20-45-46(42)43-31-39(29-30-44(43)53-45)34-21-25-36(26-22-34)41-18-9-16-35-13-7-8-17-40(35)41/h1-28,31,43-44H,29-30H2. The Morgan fingerprint density at radius 2 is 0.981 bits per heavy atom. The van der Waals surface area contributed by atoms with Gasteiger partial charge in [0.25, 0.3) is 0 Å². The molecule has 1 aliphatic heterocycles. The van der Waals surface area contributed by atoms with Gasteiger partial charge in [0.2, 0.25) is 0 Å². The summed E-state index contributed by atoms with van der Waals surface area (Å²) in [6, 6.07) is 59.6. The Hall–Kier alpha value is -6.65. The molecule has 2 aliphatic rings. The Balaban J connectivity index is 1.03. The van der Waals surface area contributed by atoms with Crippen molar-refractivity contribution in [2.24, 2.45) is 0 Å². The zero-order valence-electron chi connectivity index (χ0n) is 29.1. The van der Waals surface area contributed by atoms with Gasteiger partial charge < -0.3 is 4.74 Å². The van der Waals surface area contributed by atoms with Crippen molar-refractivity contribution in [2.45, 2.75) is 24.9 Å². The van der Waals surface area contributed by atoms with Gasteiger partial charge in [0.1, 0.15) is 11.9 Å². The molecule has 4 heteroatoms. The molecule has 0 radical (unpaired) electrons. The zero-order valence-corrected chi connectivity index (χ0v) is 29.1. The number of allylic oxidation sites excluding steroid dienone is 1. The average molecular weight is 682 g/mol. The Morgan fingerprint density at radius 3 is 1.75 bits per heavy atom. The minimum atomic E-state index is 0.0743. The van der Waals surface area contributed by atoms with E-state index < -0.39 is 0 Å². The normalized spacial score (nSPS) is 16.0. The Labute approximate surface area is 309 Å². The molecule has 0 saturated carbocycles. The third-order valence-corrected chi connectivity index (χ3v) is 10.7. The molecule has 10 rings (SSSR count). The zero-order chi connectivity index (χ0) is 35.1. The van der Waals surface area contributed by atoms with Crippen LogP contribution in [0.3, 0.4) is 0 Å². The molecule has 0 fully saturated rings. The maximum atomic E-state index is 6.64. The van der Waals surface area contributed by atoms with E-state index in [9.17, 15) is 0 Å². The summed E-state index contributed by atoms with van der Waals surface area (Å²) in [5.74, 6) is 2.96. The van der Waals surface area contributed by atoms with Crippen LogP contribution in [-0.4, -0.2) is 21.1 Å². The van der Waals surface area contributed by atoms with E-state index in [0.29, 0.717) is 17.5 Å². The van der Waals surface area contributed by atoms with Gasteiger partial charge >= 0.3 is 0 Å². The third-order valence-electron chi connectivity index (χ3n) is 10.7. The molecule has 2 unspecified atom stereocenters. The van der Waals surface area contributed by atoms with E-state index in [0.717, 1.165) is 46.4 Å². The highest BCUT2D eigenvalue weighted by molar-refractivity contribution is 5.96. The van der Waals surface area contributed by atoms with Crippen LogP contribution in [0.5, 0.6) is 5.75 Å². The van der Waals surface area contributed by atoms with Crippen LogP contribution < -0.4 is 4.74 Å². The number of aromatic nitrogens is 3. The largest absolute Gasteiger partial charge is 0.489 e. The summed E-state index contributed by atoms with van der Waals surface area (Å²) >= 11 is 0. The van der Waals surface area contributed by atoms with Crippen molar-refractivity contribution in [3.8, 4) is 62.2 Å². The molecular formula is C49H35N3O. The topological polar surface area (TPSA) is 47.9 Å². The van der Waals surface area contributed by atoms with Crippen LogP contribution in [0, 0.1) is 0 Å². The summed E-state index contributed by atoms with van der Waals surface area (Å²) in [7, 11) is 0. The second kappa shape index (κ2) is 13.2. The van der Waals surface area contributed by atoms with Crippen LogP contribution in [0.15, 0.2) is 176 Å². The van der Waals surface area contributed by atoms with E-state index in [1.54, 1.807) is 0 Å². The predicted octanol–water partition coefficient (Wildman–Crippen LogP) is 12.1. The predicted molar refractivity (Wildman–Crippen MR) is 215 cm³/mol. The molecule has 252 valence electrons. The SMILES string of the molecule is C1=C(c2ccc(-c3cccc4ccccc34)cc2)CCC2Oc3cccc(-c4nc(-c5ccccc5)nc(-c5ccc(-c6ccccc6)cc5)n4)c3C12. The van der Waals surface area contributed by atoms with Gasteiger partial charge in [-0.2, -0.15) is 0 Å². The van der Waals surface area contributed by atoms with Gasteiger partial charge in [-0.15, -0.1) is 0 Å². The van der Waals surface area contributed by atoms with Crippen LogP contribution in [-0.2, 0) is 0 Å². The molecule has 7 aromatic carbocycles. The van der Waals surface area contributed by atoms with Gasteiger partial charge in [0.05, 0.1) is 0 Å². The van der Waals surface area contributed by atoms with Crippen molar-refractivity contribution in [1.29, 1.82) is 0 Å². The van der Waals surface area contributed by atoms with Crippen molar-refractivity contribution < 1.29 is 4.74 Å². The molecule has 0 amide bonds. The Kier molecular flexibility index (Phi) is 7.72. The van der Waals surface area contributed by atoms with E-state index in [4.69, 9.17) is 19.7 Å². The quantitative estimate of drug-likeness (QED) is 0.175. The molecular weight excluding hydrogens is 647 g/mol. The van der Waals surface area contributed by atoms with Gasteiger partial charge in [-0.1, -0.05) is 170 Å². The fraction of sp³-hybridized carbons (Fsp3) is 0.0816. The number of nitrogens with zero attached hydrogens (tertiary/aromatic N) is 3. The molecule has 0 N–H and O–H groups in total. The molecule has 2 heterocycles. The van der Waals surface area contributed by atoms with Gasteiger partial charge in [0, 0.05) is 28.2 Å². The average Bonchev–Trinajstić information content (AvgIpc) is 3.62. The smallest absolute Gasteiger partial charge is 0.164 e. The first-order valence-corrected chi connectivity index (χ1v) is 18.3. The lowest BCUT2D eigenvalue weighted by atomic mass is 9.81. The second-order valence-electron chi connectivity index (χ2n) is 13.8. The Bertz CT molecular complexity index is 2630. The number of ether oxygens (including phenoxy) is 1. The van der Waals surface area contributed by atoms with Gasteiger partial charge in [-0.3, -0.25) is 0 Å². The highest BCUT2D eigenvalue weighted by atomic mass is 16.5. The van der Waals surface area contributed by atoms with Crippen molar-refractivity contribution in [2.75, 3.05) is 0 Å². The highest BCUT2D eigenvalue weighted by Gasteiger charge is 2.38. The lowest BCUT2D eigenvalue weighted by Gasteiger charge is -2.24. The maximum absolute atomic E-state index is 6.64. The number of fused-ring (bicyclic) bond motifs is 4. The third kappa shape index (κ3) is 5.79. The summed E-state index contributed by atoms with van der Waals surface area (Å²) in [6.07, 6.45) is 4.41. The van der Waals surface area contributed by atoms with Crippen molar-refractivity contribution in [3.63, 3.8) is 0 Å². The first-order chi connectivity index (χ1) is 26.2. The van der Waals surface area contributed by atoms with Crippen LogP contribution in [0.1, 0.15) is 29.9 Å². The minimum Gasteiger partial charge on any atom is -0.489 e. The van der Waals surface area contributed by atoms with E-state index in [2.05, 4.69) is 152 Å².